The largest absolute Gasteiger partial charge is 0.338 e. The summed E-state index contributed by atoms with van der Waals surface area (Å²) < 4.78 is 40.8. The molecule has 1 saturated carbocycles. The predicted molar refractivity (Wildman–Crippen MR) is 130 cm³/mol. The lowest BCUT2D eigenvalue weighted by Crippen LogP contribution is -2.48. The Morgan fingerprint density at radius 1 is 0.943 bits per heavy atom. The number of likely N-dealkylation sites (tertiary alicyclic amines) is 1. The molecule has 5 rings (SSSR count). The van der Waals surface area contributed by atoms with Crippen molar-refractivity contribution >= 4 is 5.91 Å². The van der Waals surface area contributed by atoms with E-state index in [0.717, 1.165) is 56.3 Å². The van der Waals surface area contributed by atoms with Crippen LogP contribution in [0.3, 0.4) is 0 Å². The average molecular weight is 485 g/mol. The van der Waals surface area contributed by atoms with Crippen molar-refractivity contribution in [1.29, 1.82) is 0 Å². The summed E-state index contributed by atoms with van der Waals surface area (Å²) in [6.07, 6.45) is 5.40. The number of rotatable bonds is 4. The van der Waals surface area contributed by atoms with Gasteiger partial charge in [-0.15, -0.1) is 0 Å². The molecule has 0 unspecified atom stereocenters. The second kappa shape index (κ2) is 9.61. The van der Waals surface area contributed by atoms with E-state index in [1.165, 1.54) is 17.7 Å². The standard InChI is InChI=1S/C29H35F3N2O/c1-19(2)29(28(35)34-14-10-22-15-26(31)27(32)16-23(22)18-34)11-7-25(17-29)33-12-8-21(9-13-33)20-3-5-24(30)6-4-20/h3-6,15-16,19,21,25H,7-14,17-18H2,1-2H3/t25-,29+/m1/s1. The van der Waals surface area contributed by atoms with Crippen molar-refractivity contribution in [3.8, 4) is 0 Å². The van der Waals surface area contributed by atoms with Crippen molar-refractivity contribution in [2.24, 2.45) is 11.3 Å². The number of amides is 1. The van der Waals surface area contributed by atoms with Crippen molar-refractivity contribution in [3.05, 3.63) is 70.5 Å². The summed E-state index contributed by atoms with van der Waals surface area (Å²) in [5.74, 6) is -1.01. The molecule has 6 heteroatoms. The lowest BCUT2D eigenvalue weighted by atomic mass is 9.73. The summed E-state index contributed by atoms with van der Waals surface area (Å²) in [5, 5.41) is 0. The molecule has 2 aromatic rings. The number of benzene rings is 2. The van der Waals surface area contributed by atoms with Gasteiger partial charge in [0.15, 0.2) is 11.6 Å². The molecule has 1 saturated heterocycles. The third-order valence-corrected chi connectivity index (χ3v) is 8.98. The summed E-state index contributed by atoms with van der Waals surface area (Å²) >= 11 is 0. The van der Waals surface area contributed by atoms with Crippen molar-refractivity contribution in [2.45, 2.75) is 70.9 Å². The summed E-state index contributed by atoms with van der Waals surface area (Å²) in [7, 11) is 0. The lowest BCUT2D eigenvalue weighted by molar-refractivity contribution is -0.146. The highest BCUT2D eigenvalue weighted by Crippen LogP contribution is 2.48. The first-order valence-corrected chi connectivity index (χ1v) is 13.0. The Bertz CT molecular complexity index is 1080. The van der Waals surface area contributed by atoms with Gasteiger partial charge in [-0.25, -0.2) is 13.2 Å². The van der Waals surface area contributed by atoms with E-state index in [1.54, 1.807) is 12.1 Å². The number of hydrogen-bond acceptors (Lipinski definition) is 2. The first kappa shape index (κ1) is 24.4. The number of nitrogens with zero attached hydrogens (tertiary/aromatic N) is 2. The maximum Gasteiger partial charge on any atom is 0.229 e. The fourth-order valence-electron chi connectivity index (χ4n) is 6.70. The van der Waals surface area contributed by atoms with E-state index < -0.39 is 17.0 Å². The highest BCUT2D eigenvalue weighted by molar-refractivity contribution is 5.84. The zero-order valence-electron chi connectivity index (χ0n) is 20.7. The van der Waals surface area contributed by atoms with Gasteiger partial charge in [-0.3, -0.25) is 4.79 Å². The Kier molecular flexibility index (Phi) is 6.69. The average Bonchev–Trinajstić information content (AvgIpc) is 3.32. The van der Waals surface area contributed by atoms with Crippen LogP contribution in [0.2, 0.25) is 0 Å². The van der Waals surface area contributed by atoms with Crippen LogP contribution in [0.5, 0.6) is 0 Å². The van der Waals surface area contributed by atoms with Crippen molar-refractivity contribution in [2.75, 3.05) is 19.6 Å². The minimum Gasteiger partial charge on any atom is -0.338 e. The molecule has 2 heterocycles. The van der Waals surface area contributed by atoms with E-state index in [1.807, 2.05) is 17.0 Å². The van der Waals surface area contributed by atoms with Gasteiger partial charge < -0.3 is 9.80 Å². The summed E-state index contributed by atoms with van der Waals surface area (Å²) in [4.78, 5) is 18.4. The molecule has 0 aromatic heterocycles. The third kappa shape index (κ3) is 4.62. The van der Waals surface area contributed by atoms with Crippen LogP contribution in [0.4, 0.5) is 13.2 Å². The smallest absolute Gasteiger partial charge is 0.229 e. The zero-order valence-corrected chi connectivity index (χ0v) is 20.7. The molecule has 35 heavy (non-hydrogen) atoms. The highest BCUT2D eigenvalue weighted by Gasteiger charge is 2.50. The van der Waals surface area contributed by atoms with E-state index in [9.17, 15) is 18.0 Å². The number of piperidine rings is 1. The normalized spacial score (nSPS) is 25.8. The van der Waals surface area contributed by atoms with Crippen LogP contribution in [-0.4, -0.2) is 41.4 Å². The monoisotopic (exact) mass is 484 g/mol. The summed E-state index contributed by atoms with van der Waals surface area (Å²) in [5.41, 5.74) is 2.33. The minimum absolute atomic E-state index is 0.173. The molecule has 0 radical (unpaired) electrons. The quantitative estimate of drug-likeness (QED) is 0.526. The molecule has 2 atom stereocenters. The minimum atomic E-state index is -0.846. The van der Waals surface area contributed by atoms with E-state index in [4.69, 9.17) is 0 Å². The van der Waals surface area contributed by atoms with Gasteiger partial charge in [-0.1, -0.05) is 26.0 Å². The second-order valence-electron chi connectivity index (χ2n) is 11.1. The molecule has 0 spiro atoms. The number of halogens is 3. The highest BCUT2D eigenvalue weighted by atomic mass is 19.2. The first-order valence-electron chi connectivity index (χ1n) is 13.0. The molecule has 0 N–H and O–H groups in total. The maximum absolute atomic E-state index is 13.9. The van der Waals surface area contributed by atoms with Gasteiger partial charge in [0.1, 0.15) is 5.82 Å². The number of carbonyl (C=O) groups is 1. The van der Waals surface area contributed by atoms with Gasteiger partial charge in [0, 0.05) is 19.1 Å². The van der Waals surface area contributed by atoms with Crippen LogP contribution in [0.1, 0.15) is 68.6 Å². The van der Waals surface area contributed by atoms with Crippen LogP contribution in [-0.2, 0) is 17.8 Å². The lowest BCUT2D eigenvalue weighted by Gasteiger charge is -2.41. The van der Waals surface area contributed by atoms with Gasteiger partial charge >= 0.3 is 0 Å². The molecular weight excluding hydrogens is 449 g/mol. The topological polar surface area (TPSA) is 23.6 Å². The second-order valence-corrected chi connectivity index (χ2v) is 11.1. The Morgan fingerprint density at radius 3 is 2.26 bits per heavy atom. The Labute approximate surface area is 206 Å². The van der Waals surface area contributed by atoms with Gasteiger partial charge in [0.05, 0.1) is 5.41 Å². The SMILES string of the molecule is CC(C)[C@]1(C(=O)N2CCc3cc(F)c(F)cc3C2)CC[C@@H](N2CCC(c3ccc(F)cc3)CC2)C1. The Balaban J connectivity index is 1.25. The molecule has 3 aliphatic rings. The van der Waals surface area contributed by atoms with E-state index in [-0.39, 0.29) is 17.6 Å². The predicted octanol–water partition coefficient (Wildman–Crippen LogP) is 6.06. The third-order valence-electron chi connectivity index (χ3n) is 8.98. The Morgan fingerprint density at radius 2 is 1.60 bits per heavy atom. The zero-order chi connectivity index (χ0) is 24.7. The van der Waals surface area contributed by atoms with Crippen molar-refractivity contribution < 1.29 is 18.0 Å². The molecule has 3 nitrogen and oxygen atoms in total. The van der Waals surface area contributed by atoms with Gasteiger partial charge in [0.2, 0.25) is 5.91 Å². The Hall–Kier alpha value is -2.34. The molecule has 2 aliphatic heterocycles. The van der Waals surface area contributed by atoms with Gasteiger partial charge in [0.25, 0.3) is 0 Å². The molecule has 1 amide bonds. The molecule has 188 valence electrons. The van der Waals surface area contributed by atoms with E-state index in [0.29, 0.717) is 31.5 Å². The number of fused-ring (bicyclic) bond motifs is 1. The van der Waals surface area contributed by atoms with Crippen LogP contribution in [0, 0.1) is 28.8 Å². The fourth-order valence-corrected chi connectivity index (χ4v) is 6.70. The van der Waals surface area contributed by atoms with Gasteiger partial charge in [-0.05, 0) is 104 Å². The van der Waals surface area contributed by atoms with Crippen molar-refractivity contribution in [1.82, 2.24) is 9.80 Å². The molecule has 2 fully saturated rings. The van der Waals surface area contributed by atoms with Crippen LogP contribution in [0.25, 0.3) is 0 Å². The van der Waals surface area contributed by atoms with Crippen LogP contribution < -0.4 is 0 Å². The summed E-state index contributed by atoms with van der Waals surface area (Å²) in [6.45, 7) is 7.20. The van der Waals surface area contributed by atoms with Crippen LogP contribution >= 0.6 is 0 Å². The molecular formula is C29H35F3N2O. The first-order chi connectivity index (χ1) is 16.8. The molecule has 1 aliphatic carbocycles. The molecule has 0 bridgehead atoms. The number of hydrogen-bond donors (Lipinski definition) is 0. The fraction of sp³-hybridized carbons (Fsp3) is 0.552. The van der Waals surface area contributed by atoms with E-state index >= 15 is 0 Å². The molecule has 2 aromatic carbocycles. The van der Waals surface area contributed by atoms with Gasteiger partial charge in [-0.2, -0.15) is 0 Å². The van der Waals surface area contributed by atoms with E-state index in [2.05, 4.69) is 18.7 Å². The van der Waals surface area contributed by atoms with Crippen molar-refractivity contribution in [3.63, 3.8) is 0 Å². The summed E-state index contributed by atoms with van der Waals surface area (Å²) in [6, 6.07) is 9.84. The van der Waals surface area contributed by atoms with Crippen LogP contribution in [0.15, 0.2) is 36.4 Å². The number of carbonyl (C=O) groups excluding carboxylic acids is 1. The maximum atomic E-state index is 13.9.